The van der Waals surface area contributed by atoms with Crippen molar-refractivity contribution in [3.8, 4) is 5.75 Å². The molecule has 0 aromatic carbocycles. The first-order valence-electron chi connectivity index (χ1n) is 4.50. The van der Waals surface area contributed by atoms with Gasteiger partial charge in [-0.1, -0.05) is 6.92 Å². The van der Waals surface area contributed by atoms with Gasteiger partial charge in [0, 0.05) is 24.0 Å². The summed E-state index contributed by atoms with van der Waals surface area (Å²) in [6.07, 6.45) is 5.33. The van der Waals surface area contributed by atoms with Gasteiger partial charge in [-0.2, -0.15) is 0 Å². The third-order valence-electron chi connectivity index (χ3n) is 2.09. The molecule has 0 saturated heterocycles. The molecular weight excluding hydrogens is 164 g/mol. The monoisotopic (exact) mass is 180 g/mol. The van der Waals surface area contributed by atoms with E-state index in [1.54, 1.807) is 13.3 Å². The van der Waals surface area contributed by atoms with Crippen molar-refractivity contribution in [3.05, 3.63) is 24.0 Å². The van der Waals surface area contributed by atoms with E-state index in [2.05, 4.69) is 11.9 Å². The smallest absolute Gasteiger partial charge is 0.125 e. The fourth-order valence-corrected chi connectivity index (χ4v) is 1.19. The van der Waals surface area contributed by atoms with E-state index < -0.39 is 0 Å². The maximum Gasteiger partial charge on any atom is 0.125 e. The second kappa shape index (κ2) is 4.82. The second-order valence-corrected chi connectivity index (χ2v) is 3.06. The first-order valence-corrected chi connectivity index (χ1v) is 4.50. The van der Waals surface area contributed by atoms with E-state index in [-0.39, 0.29) is 6.04 Å². The minimum atomic E-state index is 0.193. The van der Waals surface area contributed by atoms with Gasteiger partial charge in [0.05, 0.1) is 7.11 Å². The molecule has 1 unspecified atom stereocenters. The largest absolute Gasteiger partial charge is 0.496 e. The Kier molecular flexibility index (Phi) is 3.71. The molecule has 0 saturated carbocycles. The van der Waals surface area contributed by atoms with Gasteiger partial charge in [0.25, 0.3) is 0 Å². The summed E-state index contributed by atoms with van der Waals surface area (Å²) in [5.41, 5.74) is 6.93. The number of nitrogens with two attached hydrogens (primary N) is 1. The molecule has 1 heterocycles. The standard InChI is InChI=1S/C10H16N2O/c1-3-9(11)6-8-7-12-5-4-10(8)13-2/h4-5,7,9H,3,6,11H2,1-2H3. The average Bonchev–Trinajstić information content (AvgIpc) is 2.18. The van der Waals surface area contributed by atoms with Crippen LogP contribution in [0.15, 0.2) is 18.5 Å². The van der Waals surface area contributed by atoms with Crippen LogP contribution in [0.3, 0.4) is 0 Å². The van der Waals surface area contributed by atoms with Crippen molar-refractivity contribution in [1.82, 2.24) is 4.98 Å². The molecule has 1 aromatic rings. The van der Waals surface area contributed by atoms with E-state index in [1.807, 2.05) is 12.3 Å². The van der Waals surface area contributed by atoms with Gasteiger partial charge in [-0.25, -0.2) is 0 Å². The van der Waals surface area contributed by atoms with Crippen LogP contribution in [0.5, 0.6) is 5.75 Å². The Balaban J connectivity index is 2.74. The van der Waals surface area contributed by atoms with Crippen molar-refractivity contribution >= 4 is 0 Å². The lowest BCUT2D eigenvalue weighted by molar-refractivity contribution is 0.407. The van der Waals surface area contributed by atoms with E-state index in [0.29, 0.717) is 0 Å². The first kappa shape index (κ1) is 9.99. The molecule has 0 radical (unpaired) electrons. The lowest BCUT2D eigenvalue weighted by Gasteiger charge is -2.11. The number of aromatic nitrogens is 1. The number of hydrogen-bond acceptors (Lipinski definition) is 3. The maximum atomic E-state index is 5.85. The maximum absolute atomic E-state index is 5.85. The molecule has 1 atom stereocenters. The lowest BCUT2D eigenvalue weighted by Crippen LogP contribution is -2.21. The first-order chi connectivity index (χ1) is 6.27. The van der Waals surface area contributed by atoms with Crippen LogP contribution in [0.1, 0.15) is 18.9 Å². The zero-order chi connectivity index (χ0) is 9.68. The molecule has 0 spiro atoms. The molecule has 0 fully saturated rings. The zero-order valence-electron chi connectivity index (χ0n) is 8.16. The molecule has 3 nitrogen and oxygen atoms in total. The quantitative estimate of drug-likeness (QED) is 0.761. The van der Waals surface area contributed by atoms with Gasteiger partial charge in [-0.05, 0) is 18.9 Å². The Morgan fingerprint density at radius 3 is 3.00 bits per heavy atom. The number of ether oxygens (including phenoxy) is 1. The number of pyridine rings is 1. The number of hydrogen-bond donors (Lipinski definition) is 1. The van der Waals surface area contributed by atoms with Crippen LogP contribution >= 0.6 is 0 Å². The SMILES string of the molecule is CCC(N)Cc1cnccc1OC. The van der Waals surface area contributed by atoms with Crippen molar-refractivity contribution in [2.24, 2.45) is 5.73 Å². The van der Waals surface area contributed by atoms with E-state index in [4.69, 9.17) is 10.5 Å². The molecule has 0 aliphatic rings. The van der Waals surface area contributed by atoms with Crippen LogP contribution in [0, 0.1) is 0 Å². The van der Waals surface area contributed by atoms with Crippen LogP contribution < -0.4 is 10.5 Å². The Hall–Kier alpha value is -1.09. The van der Waals surface area contributed by atoms with Crippen LogP contribution in [-0.2, 0) is 6.42 Å². The Morgan fingerprint density at radius 2 is 2.38 bits per heavy atom. The molecule has 1 rings (SSSR count). The minimum Gasteiger partial charge on any atom is -0.496 e. The fraction of sp³-hybridized carbons (Fsp3) is 0.500. The van der Waals surface area contributed by atoms with E-state index in [1.165, 1.54) is 0 Å². The number of rotatable bonds is 4. The summed E-state index contributed by atoms with van der Waals surface area (Å²) in [6, 6.07) is 2.05. The van der Waals surface area contributed by atoms with Gasteiger partial charge in [0.1, 0.15) is 5.75 Å². The number of nitrogens with zero attached hydrogens (tertiary/aromatic N) is 1. The molecule has 3 heteroatoms. The third kappa shape index (κ3) is 2.70. The summed E-state index contributed by atoms with van der Waals surface area (Å²) in [7, 11) is 1.66. The molecule has 0 bridgehead atoms. The van der Waals surface area contributed by atoms with Crippen molar-refractivity contribution in [3.63, 3.8) is 0 Å². The second-order valence-electron chi connectivity index (χ2n) is 3.06. The molecule has 2 N–H and O–H groups in total. The van der Waals surface area contributed by atoms with Gasteiger partial charge in [0.15, 0.2) is 0 Å². The summed E-state index contributed by atoms with van der Waals surface area (Å²) in [4.78, 5) is 4.05. The number of methoxy groups -OCH3 is 1. The molecule has 0 aliphatic heterocycles. The molecule has 0 amide bonds. The van der Waals surface area contributed by atoms with Crippen molar-refractivity contribution in [2.45, 2.75) is 25.8 Å². The predicted octanol–water partition coefficient (Wildman–Crippen LogP) is 1.37. The van der Waals surface area contributed by atoms with Gasteiger partial charge in [0.2, 0.25) is 0 Å². The average molecular weight is 180 g/mol. The highest BCUT2D eigenvalue weighted by molar-refractivity contribution is 5.30. The summed E-state index contributed by atoms with van der Waals surface area (Å²) < 4.78 is 5.20. The van der Waals surface area contributed by atoms with Crippen LogP contribution in [0.25, 0.3) is 0 Å². The highest BCUT2D eigenvalue weighted by atomic mass is 16.5. The molecule has 13 heavy (non-hydrogen) atoms. The summed E-state index contributed by atoms with van der Waals surface area (Å²) in [6.45, 7) is 2.08. The lowest BCUT2D eigenvalue weighted by atomic mass is 10.1. The normalized spacial score (nSPS) is 12.5. The van der Waals surface area contributed by atoms with Gasteiger partial charge >= 0.3 is 0 Å². The Labute approximate surface area is 78.9 Å². The summed E-state index contributed by atoms with van der Waals surface area (Å²) >= 11 is 0. The Bertz CT molecular complexity index is 263. The third-order valence-corrected chi connectivity index (χ3v) is 2.09. The van der Waals surface area contributed by atoms with Crippen LogP contribution in [0.2, 0.25) is 0 Å². The highest BCUT2D eigenvalue weighted by Crippen LogP contribution is 2.17. The summed E-state index contributed by atoms with van der Waals surface area (Å²) in [5, 5.41) is 0. The highest BCUT2D eigenvalue weighted by Gasteiger charge is 2.06. The van der Waals surface area contributed by atoms with Crippen molar-refractivity contribution in [2.75, 3.05) is 7.11 Å². The topological polar surface area (TPSA) is 48.1 Å². The van der Waals surface area contributed by atoms with E-state index in [9.17, 15) is 0 Å². The predicted molar refractivity (Wildman–Crippen MR) is 52.8 cm³/mol. The van der Waals surface area contributed by atoms with E-state index in [0.717, 1.165) is 24.2 Å². The molecular formula is C10H16N2O. The van der Waals surface area contributed by atoms with Crippen LogP contribution in [0.4, 0.5) is 0 Å². The zero-order valence-corrected chi connectivity index (χ0v) is 8.16. The van der Waals surface area contributed by atoms with Crippen molar-refractivity contribution in [1.29, 1.82) is 0 Å². The van der Waals surface area contributed by atoms with E-state index >= 15 is 0 Å². The summed E-state index contributed by atoms with van der Waals surface area (Å²) in [5.74, 6) is 0.874. The van der Waals surface area contributed by atoms with Gasteiger partial charge in [-0.3, -0.25) is 4.98 Å². The van der Waals surface area contributed by atoms with Gasteiger partial charge in [-0.15, -0.1) is 0 Å². The van der Waals surface area contributed by atoms with Gasteiger partial charge < -0.3 is 10.5 Å². The molecule has 72 valence electrons. The van der Waals surface area contributed by atoms with Crippen LogP contribution in [-0.4, -0.2) is 18.1 Å². The molecule has 1 aromatic heterocycles. The Morgan fingerprint density at radius 1 is 1.62 bits per heavy atom. The molecule has 0 aliphatic carbocycles. The minimum absolute atomic E-state index is 0.193. The van der Waals surface area contributed by atoms with Crippen molar-refractivity contribution < 1.29 is 4.74 Å². The fourth-order valence-electron chi connectivity index (χ4n) is 1.19.